The zero-order valence-corrected chi connectivity index (χ0v) is 15.9. The van der Waals surface area contributed by atoms with Gasteiger partial charge in [-0.25, -0.2) is 14.6 Å². The molecule has 2 aromatic heterocycles. The molecule has 3 aromatic rings. The van der Waals surface area contributed by atoms with E-state index in [-0.39, 0.29) is 6.61 Å². The molecule has 28 heavy (non-hydrogen) atoms. The van der Waals surface area contributed by atoms with Crippen molar-refractivity contribution in [2.75, 3.05) is 12.4 Å². The van der Waals surface area contributed by atoms with Crippen LogP contribution in [0.2, 0.25) is 0 Å². The summed E-state index contributed by atoms with van der Waals surface area (Å²) in [5, 5.41) is 35.4. The van der Waals surface area contributed by atoms with Crippen molar-refractivity contribution >= 4 is 22.8 Å². The van der Waals surface area contributed by atoms with Crippen LogP contribution in [-0.4, -0.2) is 65.7 Å². The third-order valence-corrected chi connectivity index (χ3v) is 5.90. The van der Waals surface area contributed by atoms with Crippen LogP contribution in [-0.2, 0) is 11.2 Å². The van der Waals surface area contributed by atoms with Gasteiger partial charge in [0.15, 0.2) is 11.9 Å². The van der Waals surface area contributed by atoms with Gasteiger partial charge >= 0.3 is 0 Å². The summed E-state index contributed by atoms with van der Waals surface area (Å²) < 4.78 is 7.00. The van der Waals surface area contributed by atoms with Crippen LogP contribution < -0.4 is 0 Å². The number of thioether (sulfide) groups is 1. The van der Waals surface area contributed by atoms with Crippen LogP contribution in [0.25, 0.3) is 11.0 Å². The predicted molar refractivity (Wildman–Crippen MR) is 104 cm³/mol. The first-order valence-electron chi connectivity index (χ1n) is 9.16. The molecule has 148 valence electrons. The van der Waals surface area contributed by atoms with Crippen molar-refractivity contribution in [3.8, 4) is 0 Å². The maximum absolute atomic E-state index is 10.2. The Morgan fingerprint density at radius 2 is 1.93 bits per heavy atom. The van der Waals surface area contributed by atoms with Crippen LogP contribution in [0.15, 0.2) is 47.9 Å². The Hall–Kier alpha value is -2.04. The van der Waals surface area contributed by atoms with Gasteiger partial charge in [0, 0.05) is 0 Å². The highest BCUT2D eigenvalue weighted by molar-refractivity contribution is 7.99. The van der Waals surface area contributed by atoms with E-state index in [9.17, 15) is 15.3 Å². The van der Waals surface area contributed by atoms with Gasteiger partial charge in [-0.2, -0.15) is 5.10 Å². The largest absolute Gasteiger partial charge is 0.394 e. The Balaban J connectivity index is 1.46. The molecule has 1 aromatic carbocycles. The SMILES string of the molecule is OC[C@H]1O[C@@H](n2ncc3c(SCCCc4ccccc4)ncnc32)[C@H](O)[C@@H]1O. The van der Waals surface area contributed by atoms with Crippen molar-refractivity contribution in [1.29, 1.82) is 0 Å². The molecule has 0 aliphatic carbocycles. The van der Waals surface area contributed by atoms with Crippen LogP contribution >= 0.6 is 11.8 Å². The summed E-state index contributed by atoms with van der Waals surface area (Å²) in [6.07, 6.45) is 0.987. The number of aliphatic hydroxyl groups excluding tert-OH is 3. The van der Waals surface area contributed by atoms with Crippen LogP contribution in [0, 0.1) is 0 Å². The Kier molecular flexibility index (Phi) is 5.88. The topological polar surface area (TPSA) is 114 Å². The summed E-state index contributed by atoms with van der Waals surface area (Å²) in [5.74, 6) is 0.903. The van der Waals surface area contributed by atoms with Crippen molar-refractivity contribution < 1.29 is 20.1 Å². The number of aryl methyl sites for hydroxylation is 1. The van der Waals surface area contributed by atoms with Crippen molar-refractivity contribution in [2.45, 2.75) is 42.4 Å². The molecule has 4 atom stereocenters. The first kappa shape index (κ1) is 19.3. The summed E-state index contributed by atoms with van der Waals surface area (Å²) >= 11 is 1.63. The standard InChI is InChI=1S/C19H22N4O4S/c24-10-14-15(25)16(26)19(27-14)23-17-13(9-22-23)18(21-11-20-17)28-8-4-7-12-5-2-1-3-6-12/h1-3,5-6,9,11,14-16,19,24-26H,4,7-8,10H2/t14-,15-,16-,19-/m1/s1. The summed E-state index contributed by atoms with van der Waals surface area (Å²) in [6, 6.07) is 10.3. The third-order valence-electron chi connectivity index (χ3n) is 4.80. The van der Waals surface area contributed by atoms with Crippen molar-refractivity contribution in [1.82, 2.24) is 19.7 Å². The van der Waals surface area contributed by atoms with Crippen LogP contribution in [0.1, 0.15) is 18.2 Å². The summed E-state index contributed by atoms with van der Waals surface area (Å²) in [7, 11) is 0. The maximum Gasteiger partial charge on any atom is 0.181 e. The number of benzene rings is 1. The molecule has 1 aliphatic heterocycles. The zero-order chi connectivity index (χ0) is 19.5. The monoisotopic (exact) mass is 402 g/mol. The van der Waals surface area contributed by atoms with Gasteiger partial charge in [-0.1, -0.05) is 30.3 Å². The number of aromatic nitrogens is 4. The van der Waals surface area contributed by atoms with E-state index in [0.717, 1.165) is 29.0 Å². The molecular formula is C19H22N4O4S. The van der Waals surface area contributed by atoms with E-state index in [1.807, 2.05) is 18.2 Å². The molecule has 0 bridgehead atoms. The number of fused-ring (bicyclic) bond motifs is 1. The normalized spacial score (nSPS) is 24.8. The number of ether oxygens (including phenoxy) is 1. The third kappa shape index (κ3) is 3.76. The molecule has 0 radical (unpaired) electrons. The molecule has 9 heteroatoms. The van der Waals surface area contributed by atoms with Gasteiger partial charge in [-0.15, -0.1) is 11.8 Å². The Bertz CT molecular complexity index is 923. The molecule has 1 aliphatic rings. The van der Waals surface area contributed by atoms with Crippen LogP contribution in [0.5, 0.6) is 0 Å². The van der Waals surface area contributed by atoms with E-state index < -0.39 is 24.5 Å². The highest BCUT2D eigenvalue weighted by atomic mass is 32.2. The van der Waals surface area contributed by atoms with E-state index in [2.05, 4.69) is 27.2 Å². The molecule has 0 amide bonds. The summed E-state index contributed by atoms with van der Waals surface area (Å²) in [4.78, 5) is 8.64. The van der Waals surface area contributed by atoms with Crippen LogP contribution in [0.4, 0.5) is 0 Å². The van der Waals surface area contributed by atoms with Gasteiger partial charge in [0.2, 0.25) is 0 Å². The molecule has 1 fully saturated rings. The van der Waals surface area contributed by atoms with Crippen molar-refractivity contribution in [3.05, 3.63) is 48.4 Å². The summed E-state index contributed by atoms with van der Waals surface area (Å²) in [5.41, 5.74) is 1.84. The second-order valence-electron chi connectivity index (χ2n) is 6.67. The minimum absolute atomic E-state index is 0.384. The highest BCUT2D eigenvalue weighted by Gasteiger charge is 2.44. The van der Waals surface area contributed by atoms with Gasteiger partial charge < -0.3 is 20.1 Å². The van der Waals surface area contributed by atoms with E-state index in [4.69, 9.17) is 4.74 Å². The van der Waals surface area contributed by atoms with E-state index in [0.29, 0.717) is 5.65 Å². The maximum atomic E-state index is 10.2. The average molecular weight is 402 g/mol. The molecule has 0 unspecified atom stereocenters. The molecule has 4 rings (SSSR count). The van der Waals surface area contributed by atoms with Crippen molar-refractivity contribution in [2.24, 2.45) is 0 Å². The molecule has 1 saturated heterocycles. The Labute approximate surface area is 166 Å². The lowest BCUT2D eigenvalue weighted by Crippen LogP contribution is -2.33. The van der Waals surface area contributed by atoms with Gasteiger partial charge in [0.1, 0.15) is 29.7 Å². The molecule has 0 spiro atoms. The van der Waals surface area contributed by atoms with Gasteiger partial charge in [-0.3, -0.25) is 0 Å². The minimum atomic E-state index is -1.20. The van der Waals surface area contributed by atoms with Gasteiger partial charge in [-0.05, 0) is 24.2 Å². The number of hydrogen-bond donors (Lipinski definition) is 3. The number of aliphatic hydroxyl groups is 3. The smallest absolute Gasteiger partial charge is 0.181 e. The predicted octanol–water partition coefficient (Wildman–Crippen LogP) is 1.16. The van der Waals surface area contributed by atoms with E-state index in [1.165, 1.54) is 16.6 Å². The first-order chi connectivity index (χ1) is 13.7. The molecule has 3 heterocycles. The molecule has 0 saturated carbocycles. The highest BCUT2D eigenvalue weighted by Crippen LogP contribution is 2.32. The Morgan fingerprint density at radius 1 is 1.11 bits per heavy atom. The summed E-state index contributed by atoms with van der Waals surface area (Å²) in [6.45, 7) is -0.384. The quantitative estimate of drug-likeness (QED) is 0.307. The second-order valence-corrected chi connectivity index (χ2v) is 7.76. The van der Waals surface area contributed by atoms with Gasteiger partial charge in [0.25, 0.3) is 0 Å². The lowest BCUT2D eigenvalue weighted by Gasteiger charge is -2.15. The Morgan fingerprint density at radius 3 is 2.68 bits per heavy atom. The molecule has 8 nitrogen and oxygen atoms in total. The lowest BCUT2D eigenvalue weighted by molar-refractivity contribution is -0.0566. The fourth-order valence-corrected chi connectivity index (χ4v) is 4.22. The average Bonchev–Trinajstić information content (AvgIpc) is 3.28. The first-order valence-corrected chi connectivity index (χ1v) is 10.1. The molecular weight excluding hydrogens is 380 g/mol. The van der Waals surface area contributed by atoms with Crippen molar-refractivity contribution in [3.63, 3.8) is 0 Å². The number of nitrogens with zero attached hydrogens (tertiary/aromatic N) is 4. The van der Waals surface area contributed by atoms with Gasteiger partial charge in [0.05, 0.1) is 18.2 Å². The second kappa shape index (κ2) is 8.54. The van der Waals surface area contributed by atoms with E-state index >= 15 is 0 Å². The van der Waals surface area contributed by atoms with E-state index in [1.54, 1.807) is 18.0 Å². The minimum Gasteiger partial charge on any atom is -0.394 e. The van der Waals surface area contributed by atoms with Crippen LogP contribution in [0.3, 0.4) is 0 Å². The fraction of sp³-hybridized carbons (Fsp3) is 0.421. The molecule has 3 N–H and O–H groups in total. The zero-order valence-electron chi connectivity index (χ0n) is 15.1. The number of hydrogen-bond acceptors (Lipinski definition) is 8. The lowest BCUT2D eigenvalue weighted by atomic mass is 10.1. The fourth-order valence-electron chi connectivity index (χ4n) is 3.31. The number of rotatable bonds is 7.